The molecule has 0 aliphatic carbocycles. The zero-order valence-corrected chi connectivity index (χ0v) is 10.1. The van der Waals surface area contributed by atoms with E-state index in [4.69, 9.17) is 9.47 Å². The van der Waals surface area contributed by atoms with Gasteiger partial charge in [-0.1, -0.05) is 6.07 Å². The summed E-state index contributed by atoms with van der Waals surface area (Å²) >= 11 is 1.65. The molecule has 0 aromatic heterocycles. The van der Waals surface area contributed by atoms with Crippen molar-refractivity contribution < 1.29 is 14.3 Å². The molecule has 2 aliphatic rings. The Hall–Kier alpha value is -1.36. The molecule has 1 atom stereocenters. The van der Waals surface area contributed by atoms with Gasteiger partial charge in [0.2, 0.25) is 5.91 Å². The van der Waals surface area contributed by atoms with Gasteiger partial charge in [-0.3, -0.25) is 4.79 Å². The Morgan fingerprint density at radius 3 is 2.88 bits per heavy atom. The van der Waals surface area contributed by atoms with Gasteiger partial charge in [-0.05, 0) is 24.1 Å². The van der Waals surface area contributed by atoms with E-state index in [2.05, 4.69) is 5.32 Å². The first-order valence-electron chi connectivity index (χ1n) is 5.61. The van der Waals surface area contributed by atoms with E-state index in [-0.39, 0.29) is 11.2 Å². The summed E-state index contributed by atoms with van der Waals surface area (Å²) in [5.41, 5.74) is 1.11. The summed E-state index contributed by atoms with van der Waals surface area (Å²) in [6.07, 6.45) is 0.743. The second-order valence-corrected chi connectivity index (χ2v) is 5.21. The largest absolute Gasteiger partial charge is 0.486 e. The highest BCUT2D eigenvalue weighted by atomic mass is 32.2. The molecule has 2 heterocycles. The predicted molar refractivity (Wildman–Crippen MR) is 65.5 cm³/mol. The summed E-state index contributed by atoms with van der Waals surface area (Å²) in [6.45, 7) is 1.20. The molecule has 0 radical (unpaired) electrons. The van der Waals surface area contributed by atoms with Gasteiger partial charge in [-0.25, -0.2) is 0 Å². The molecule has 1 unspecified atom stereocenters. The monoisotopic (exact) mass is 251 g/mol. The predicted octanol–water partition coefficient (Wildman–Crippen LogP) is 1.19. The Bertz CT molecular complexity index is 449. The standard InChI is InChI=1S/C12H13NO3S/c14-12-11(17-7-13-12)6-8-1-2-9-10(5-8)16-4-3-15-9/h1-2,5,11H,3-4,6-7H2,(H,13,14). The number of amides is 1. The van der Waals surface area contributed by atoms with Crippen molar-refractivity contribution in [3.8, 4) is 11.5 Å². The molecule has 4 nitrogen and oxygen atoms in total. The van der Waals surface area contributed by atoms with Crippen molar-refractivity contribution in [3.63, 3.8) is 0 Å². The third-order valence-corrected chi connectivity index (χ3v) is 3.95. The van der Waals surface area contributed by atoms with Crippen LogP contribution >= 0.6 is 11.8 Å². The lowest BCUT2D eigenvalue weighted by Crippen LogP contribution is -2.24. The van der Waals surface area contributed by atoms with Crippen molar-refractivity contribution in [2.45, 2.75) is 11.7 Å². The van der Waals surface area contributed by atoms with Crippen LogP contribution in [-0.2, 0) is 11.2 Å². The van der Waals surface area contributed by atoms with E-state index in [1.54, 1.807) is 11.8 Å². The summed E-state index contributed by atoms with van der Waals surface area (Å²) < 4.78 is 11.0. The van der Waals surface area contributed by atoms with Crippen LogP contribution in [0, 0.1) is 0 Å². The van der Waals surface area contributed by atoms with Gasteiger partial charge in [0.25, 0.3) is 0 Å². The maximum atomic E-state index is 11.5. The summed E-state index contributed by atoms with van der Waals surface area (Å²) in [5.74, 6) is 2.43. The van der Waals surface area contributed by atoms with E-state index in [9.17, 15) is 4.79 Å². The van der Waals surface area contributed by atoms with Crippen LogP contribution in [0.5, 0.6) is 11.5 Å². The van der Waals surface area contributed by atoms with Gasteiger partial charge < -0.3 is 14.8 Å². The summed E-state index contributed by atoms with van der Waals surface area (Å²) in [6, 6.07) is 5.89. The lowest BCUT2D eigenvalue weighted by atomic mass is 10.1. The number of nitrogens with one attached hydrogen (secondary N) is 1. The Balaban J connectivity index is 1.77. The van der Waals surface area contributed by atoms with Crippen LogP contribution < -0.4 is 14.8 Å². The maximum absolute atomic E-state index is 11.5. The van der Waals surface area contributed by atoms with Gasteiger partial charge in [-0.2, -0.15) is 0 Å². The van der Waals surface area contributed by atoms with Gasteiger partial charge in [0.05, 0.1) is 11.1 Å². The molecule has 0 bridgehead atoms. The Labute approximate surface area is 104 Å². The minimum Gasteiger partial charge on any atom is -0.486 e. The number of benzene rings is 1. The van der Waals surface area contributed by atoms with Crippen LogP contribution in [0.2, 0.25) is 0 Å². The van der Waals surface area contributed by atoms with Crippen molar-refractivity contribution in [2.24, 2.45) is 0 Å². The van der Waals surface area contributed by atoms with E-state index in [0.717, 1.165) is 23.5 Å². The lowest BCUT2D eigenvalue weighted by molar-refractivity contribution is -0.119. The number of hydrogen-bond acceptors (Lipinski definition) is 4. The Kier molecular flexibility index (Phi) is 2.84. The smallest absolute Gasteiger partial charge is 0.234 e. The third kappa shape index (κ3) is 2.20. The normalized spacial score (nSPS) is 22.4. The summed E-state index contributed by atoms with van der Waals surface area (Å²) in [5, 5.41) is 2.85. The molecule has 1 aromatic rings. The molecular weight excluding hydrogens is 238 g/mol. The number of carbonyl (C=O) groups is 1. The fourth-order valence-electron chi connectivity index (χ4n) is 1.98. The molecule has 1 N–H and O–H groups in total. The zero-order valence-electron chi connectivity index (χ0n) is 9.27. The number of rotatable bonds is 2. The van der Waals surface area contributed by atoms with E-state index >= 15 is 0 Å². The van der Waals surface area contributed by atoms with Crippen molar-refractivity contribution in [2.75, 3.05) is 19.1 Å². The number of carbonyl (C=O) groups excluding carboxylic acids is 1. The number of fused-ring (bicyclic) bond motifs is 1. The van der Waals surface area contributed by atoms with Crippen molar-refractivity contribution in [1.82, 2.24) is 5.32 Å². The summed E-state index contributed by atoms with van der Waals surface area (Å²) in [7, 11) is 0. The van der Waals surface area contributed by atoms with Gasteiger partial charge in [-0.15, -0.1) is 11.8 Å². The lowest BCUT2D eigenvalue weighted by Gasteiger charge is -2.19. The fraction of sp³-hybridized carbons (Fsp3) is 0.417. The minimum absolute atomic E-state index is 0.0255. The molecular formula is C12H13NO3S. The molecule has 1 fully saturated rings. The van der Waals surface area contributed by atoms with E-state index in [1.165, 1.54) is 0 Å². The molecule has 0 saturated carbocycles. The number of thioether (sulfide) groups is 1. The molecule has 1 aromatic carbocycles. The molecule has 90 valence electrons. The molecule has 1 saturated heterocycles. The fourth-order valence-corrected chi connectivity index (χ4v) is 2.96. The average molecular weight is 251 g/mol. The Morgan fingerprint density at radius 1 is 1.29 bits per heavy atom. The number of ether oxygens (including phenoxy) is 2. The van der Waals surface area contributed by atoms with E-state index in [1.807, 2.05) is 18.2 Å². The highest BCUT2D eigenvalue weighted by Crippen LogP contribution is 2.32. The first-order valence-corrected chi connectivity index (χ1v) is 6.65. The topological polar surface area (TPSA) is 47.6 Å². The first kappa shape index (κ1) is 10.8. The van der Waals surface area contributed by atoms with Gasteiger partial charge in [0, 0.05) is 0 Å². The molecule has 17 heavy (non-hydrogen) atoms. The molecule has 1 amide bonds. The Morgan fingerprint density at radius 2 is 2.12 bits per heavy atom. The highest BCUT2D eigenvalue weighted by Gasteiger charge is 2.25. The SMILES string of the molecule is O=C1NCSC1Cc1ccc2c(c1)OCCO2. The van der Waals surface area contributed by atoms with E-state index < -0.39 is 0 Å². The number of hydrogen-bond donors (Lipinski definition) is 1. The van der Waals surface area contributed by atoms with Crippen LogP contribution in [0.3, 0.4) is 0 Å². The molecule has 0 spiro atoms. The maximum Gasteiger partial charge on any atom is 0.234 e. The van der Waals surface area contributed by atoms with Gasteiger partial charge >= 0.3 is 0 Å². The second kappa shape index (κ2) is 4.49. The molecule has 5 heteroatoms. The molecule has 3 rings (SSSR count). The van der Waals surface area contributed by atoms with Crippen LogP contribution in [0.25, 0.3) is 0 Å². The van der Waals surface area contributed by atoms with Crippen LogP contribution in [0.1, 0.15) is 5.56 Å². The minimum atomic E-state index is 0.0255. The highest BCUT2D eigenvalue weighted by molar-refractivity contribution is 8.01. The van der Waals surface area contributed by atoms with Crippen LogP contribution in [-0.4, -0.2) is 30.2 Å². The van der Waals surface area contributed by atoms with Crippen molar-refractivity contribution in [3.05, 3.63) is 23.8 Å². The van der Waals surface area contributed by atoms with Crippen molar-refractivity contribution >= 4 is 17.7 Å². The summed E-state index contributed by atoms with van der Waals surface area (Å²) in [4.78, 5) is 11.5. The second-order valence-electron chi connectivity index (χ2n) is 4.02. The van der Waals surface area contributed by atoms with Gasteiger partial charge in [0.1, 0.15) is 13.2 Å². The van der Waals surface area contributed by atoms with Crippen molar-refractivity contribution in [1.29, 1.82) is 0 Å². The van der Waals surface area contributed by atoms with Gasteiger partial charge in [0.15, 0.2) is 11.5 Å². The van der Waals surface area contributed by atoms with Crippen LogP contribution in [0.4, 0.5) is 0 Å². The van der Waals surface area contributed by atoms with E-state index in [0.29, 0.717) is 19.1 Å². The quantitative estimate of drug-likeness (QED) is 0.857. The molecule has 2 aliphatic heterocycles. The van der Waals surface area contributed by atoms with Crippen LogP contribution in [0.15, 0.2) is 18.2 Å². The first-order chi connectivity index (χ1) is 8.33. The average Bonchev–Trinajstić information content (AvgIpc) is 2.75. The third-order valence-electron chi connectivity index (χ3n) is 2.85. The zero-order chi connectivity index (χ0) is 11.7.